The van der Waals surface area contributed by atoms with Gasteiger partial charge in [-0.25, -0.2) is 0 Å². The van der Waals surface area contributed by atoms with E-state index in [9.17, 15) is 0 Å². The van der Waals surface area contributed by atoms with Gasteiger partial charge in [0, 0.05) is 17.0 Å². The second-order valence-corrected chi connectivity index (χ2v) is 4.26. The molecule has 1 rings (SSSR count). The van der Waals surface area contributed by atoms with Gasteiger partial charge in [-0.1, -0.05) is 36.8 Å². The van der Waals surface area contributed by atoms with Crippen LogP contribution in [0.3, 0.4) is 0 Å². The normalized spacial score (nSPS) is 9.60. The third kappa shape index (κ3) is 3.61. The minimum Gasteiger partial charge on any atom is -0.0979 e. The summed E-state index contributed by atoms with van der Waals surface area (Å²) in [7, 11) is 0. The van der Waals surface area contributed by atoms with Gasteiger partial charge in [0.25, 0.3) is 0 Å². The number of halogens is 1. The molecular weight excluding hydrogens is 204 g/mol. The first-order valence-electron chi connectivity index (χ1n) is 5.40. The minimum absolute atomic E-state index is 0.795. The Morgan fingerprint density at radius 2 is 1.80 bits per heavy atom. The molecule has 1 aromatic carbocycles. The molecule has 80 valence electrons. The maximum atomic E-state index is 5.96. The number of aryl methyl sites for hydroxylation is 2. The molecule has 0 aliphatic carbocycles. The highest BCUT2D eigenvalue weighted by molar-refractivity contribution is 6.30. The quantitative estimate of drug-likeness (QED) is 0.509. The fraction of sp³-hybridized carbons (Fsp3) is 0.429. The Labute approximate surface area is 97.7 Å². The van der Waals surface area contributed by atoms with Crippen molar-refractivity contribution in [2.75, 3.05) is 0 Å². The lowest BCUT2D eigenvalue weighted by Crippen LogP contribution is -1.87. The Bertz CT molecular complexity index is 371. The summed E-state index contributed by atoms with van der Waals surface area (Å²) in [6.07, 6.45) is 3.37. The number of benzene rings is 1. The second-order valence-electron chi connectivity index (χ2n) is 3.82. The molecule has 0 heterocycles. The molecule has 0 aliphatic rings. The Balaban J connectivity index is 2.88. The van der Waals surface area contributed by atoms with Crippen LogP contribution in [-0.2, 0) is 0 Å². The van der Waals surface area contributed by atoms with Gasteiger partial charge in [-0.05, 0) is 43.5 Å². The zero-order valence-electron chi connectivity index (χ0n) is 9.65. The average Bonchev–Trinajstić information content (AvgIpc) is 2.15. The predicted octanol–water partition coefficient (Wildman–Crippen LogP) is 4.50. The van der Waals surface area contributed by atoms with Crippen LogP contribution >= 0.6 is 11.6 Å². The summed E-state index contributed by atoms with van der Waals surface area (Å²) in [5, 5.41) is 0.795. The standard InChI is InChI=1S/C14H17Cl/c1-4-5-6-7-8-14-11(2)9-13(15)10-12(14)3/h9-10H,4-6H2,1-3H3. The third-order valence-corrected chi connectivity index (χ3v) is 2.58. The van der Waals surface area contributed by atoms with Gasteiger partial charge in [0.15, 0.2) is 0 Å². The van der Waals surface area contributed by atoms with Crippen LogP contribution in [0.25, 0.3) is 0 Å². The number of unbranched alkanes of at least 4 members (excludes halogenated alkanes) is 2. The molecule has 0 fully saturated rings. The molecule has 0 atom stereocenters. The summed E-state index contributed by atoms with van der Waals surface area (Å²) in [5.41, 5.74) is 3.48. The lowest BCUT2D eigenvalue weighted by molar-refractivity contribution is 0.828. The second kappa shape index (κ2) is 5.83. The van der Waals surface area contributed by atoms with Crippen LogP contribution in [0.2, 0.25) is 5.02 Å². The van der Waals surface area contributed by atoms with Gasteiger partial charge in [0.2, 0.25) is 0 Å². The molecule has 0 saturated heterocycles. The number of rotatable bonds is 2. The molecule has 0 unspecified atom stereocenters. The predicted molar refractivity (Wildman–Crippen MR) is 67.3 cm³/mol. The Hall–Kier alpha value is -0.930. The van der Waals surface area contributed by atoms with E-state index in [1.807, 2.05) is 12.1 Å². The van der Waals surface area contributed by atoms with Gasteiger partial charge in [-0.2, -0.15) is 0 Å². The summed E-state index contributed by atoms with van der Waals surface area (Å²) in [4.78, 5) is 0. The SMILES string of the molecule is CCCCC#Cc1c(C)cc(Cl)cc1C. The highest BCUT2D eigenvalue weighted by Crippen LogP contribution is 2.19. The van der Waals surface area contributed by atoms with Crippen molar-refractivity contribution in [3.63, 3.8) is 0 Å². The Morgan fingerprint density at radius 3 is 2.33 bits per heavy atom. The van der Waals surface area contributed by atoms with Gasteiger partial charge in [0.1, 0.15) is 0 Å². The molecule has 15 heavy (non-hydrogen) atoms. The smallest absolute Gasteiger partial charge is 0.0412 e. The molecule has 1 heteroatoms. The van der Waals surface area contributed by atoms with E-state index in [0.29, 0.717) is 0 Å². The van der Waals surface area contributed by atoms with Crippen molar-refractivity contribution in [2.24, 2.45) is 0 Å². The maximum absolute atomic E-state index is 5.96. The lowest BCUT2D eigenvalue weighted by Gasteiger charge is -2.03. The molecule has 0 aliphatic heterocycles. The Morgan fingerprint density at radius 1 is 1.20 bits per heavy atom. The summed E-state index contributed by atoms with van der Waals surface area (Å²) in [6.45, 7) is 6.30. The first-order chi connectivity index (χ1) is 7.15. The van der Waals surface area contributed by atoms with Gasteiger partial charge in [0.05, 0.1) is 0 Å². The summed E-state index contributed by atoms with van der Waals surface area (Å²) < 4.78 is 0. The molecule has 0 aromatic heterocycles. The monoisotopic (exact) mass is 220 g/mol. The van der Waals surface area contributed by atoms with Crippen LogP contribution in [0.15, 0.2) is 12.1 Å². The van der Waals surface area contributed by atoms with Crippen LogP contribution in [0.5, 0.6) is 0 Å². The van der Waals surface area contributed by atoms with Gasteiger partial charge >= 0.3 is 0 Å². The molecule has 0 bridgehead atoms. The van der Waals surface area contributed by atoms with E-state index in [1.165, 1.54) is 24.0 Å². The molecule has 0 N–H and O–H groups in total. The number of hydrogen-bond acceptors (Lipinski definition) is 0. The summed E-state index contributed by atoms with van der Waals surface area (Å²) >= 11 is 5.96. The van der Waals surface area contributed by atoms with Crippen molar-refractivity contribution in [2.45, 2.75) is 40.0 Å². The van der Waals surface area contributed by atoms with Crippen molar-refractivity contribution >= 4 is 11.6 Å². The first-order valence-corrected chi connectivity index (χ1v) is 5.78. The zero-order valence-corrected chi connectivity index (χ0v) is 10.4. The van der Waals surface area contributed by atoms with E-state index < -0.39 is 0 Å². The Kier molecular flexibility index (Phi) is 4.72. The van der Waals surface area contributed by atoms with Crippen molar-refractivity contribution in [3.8, 4) is 11.8 Å². The molecule has 0 radical (unpaired) electrons. The largest absolute Gasteiger partial charge is 0.0979 e. The van der Waals surface area contributed by atoms with E-state index >= 15 is 0 Å². The molecule has 0 amide bonds. The third-order valence-electron chi connectivity index (χ3n) is 2.37. The van der Waals surface area contributed by atoms with Crippen molar-refractivity contribution in [1.29, 1.82) is 0 Å². The van der Waals surface area contributed by atoms with E-state index in [4.69, 9.17) is 11.6 Å². The fourth-order valence-electron chi connectivity index (χ4n) is 1.52. The van der Waals surface area contributed by atoms with Gasteiger partial charge in [-0.3, -0.25) is 0 Å². The maximum Gasteiger partial charge on any atom is 0.0412 e. The average molecular weight is 221 g/mol. The van der Waals surface area contributed by atoms with Crippen LogP contribution in [0, 0.1) is 25.7 Å². The van der Waals surface area contributed by atoms with Crippen LogP contribution in [0.1, 0.15) is 42.9 Å². The van der Waals surface area contributed by atoms with Crippen molar-refractivity contribution < 1.29 is 0 Å². The number of hydrogen-bond donors (Lipinski definition) is 0. The first kappa shape index (κ1) is 12.1. The van der Waals surface area contributed by atoms with Crippen LogP contribution in [0.4, 0.5) is 0 Å². The zero-order chi connectivity index (χ0) is 11.3. The molecular formula is C14H17Cl. The molecule has 1 aromatic rings. The highest BCUT2D eigenvalue weighted by atomic mass is 35.5. The van der Waals surface area contributed by atoms with Crippen LogP contribution in [-0.4, -0.2) is 0 Å². The molecule has 0 nitrogen and oxygen atoms in total. The van der Waals surface area contributed by atoms with Gasteiger partial charge in [-0.15, -0.1) is 0 Å². The van der Waals surface area contributed by atoms with Crippen molar-refractivity contribution in [3.05, 3.63) is 33.8 Å². The summed E-state index contributed by atoms with van der Waals surface area (Å²) in [5.74, 6) is 6.45. The molecule has 0 saturated carbocycles. The highest BCUT2D eigenvalue weighted by Gasteiger charge is 2.00. The van der Waals surface area contributed by atoms with Crippen LogP contribution < -0.4 is 0 Å². The van der Waals surface area contributed by atoms with E-state index in [1.54, 1.807) is 0 Å². The summed E-state index contributed by atoms with van der Waals surface area (Å²) in [6, 6.07) is 3.94. The van der Waals surface area contributed by atoms with E-state index in [0.717, 1.165) is 17.0 Å². The lowest BCUT2D eigenvalue weighted by atomic mass is 10.0. The molecule has 0 spiro atoms. The van der Waals surface area contributed by atoms with Crippen molar-refractivity contribution in [1.82, 2.24) is 0 Å². The van der Waals surface area contributed by atoms with Gasteiger partial charge < -0.3 is 0 Å². The fourth-order valence-corrected chi connectivity index (χ4v) is 1.85. The van der Waals surface area contributed by atoms with E-state index in [-0.39, 0.29) is 0 Å². The minimum atomic E-state index is 0.795. The topological polar surface area (TPSA) is 0 Å². The van der Waals surface area contributed by atoms with E-state index in [2.05, 4.69) is 32.6 Å².